The lowest BCUT2D eigenvalue weighted by Gasteiger charge is -2.12. The fourth-order valence-electron chi connectivity index (χ4n) is 1.77. The fraction of sp³-hybridized carbons (Fsp3) is 0.357. The van der Waals surface area contributed by atoms with Gasteiger partial charge in [-0.15, -0.1) is 11.3 Å². The number of hydrogen-bond acceptors (Lipinski definition) is 5. The van der Waals surface area contributed by atoms with E-state index < -0.39 is 6.04 Å². The van der Waals surface area contributed by atoms with Gasteiger partial charge in [0.1, 0.15) is 15.9 Å². The number of aryl methyl sites for hydroxylation is 1. The Morgan fingerprint density at radius 2 is 2.19 bits per heavy atom. The largest absolute Gasteiger partial charge is 0.355 e. The summed E-state index contributed by atoms with van der Waals surface area (Å²) in [6.45, 7) is 5.85. The van der Waals surface area contributed by atoms with E-state index in [1.54, 1.807) is 25.2 Å². The van der Waals surface area contributed by atoms with E-state index in [1.807, 2.05) is 23.8 Å². The average molecular weight is 323 g/mol. The number of nitrogens with zero attached hydrogens (tertiary/aromatic N) is 1. The van der Waals surface area contributed by atoms with Crippen molar-refractivity contribution in [2.75, 3.05) is 6.54 Å². The summed E-state index contributed by atoms with van der Waals surface area (Å²) in [5.74, 6) is -0.448. The third kappa shape index (κ3) is 3.68. The molecular formula is C14H17N3O2S2. The van der Waals surface area contributed by atoms with E-state index in [2.05, 4.69) is 15.6 Å². The molecule has 0 radical (unpaired) electrons. The molecule has 0 spiro atoms. The molecule has 0 aliphatic carbocycles. The second-order valence-corrected chi connectivity index (χ2v) is 6.31. The summed E-state index contributed by atoms with van der Waals surface area (Å²) < 4.78 is 0. The number of rotatable bonds is 5. The van der Waals surface area contributed by atoms with Crippen LogP contribution in [0, 0.1) is 6.92 Å². The lowest BCUT2D eigenvalue weighted by Crippen LogP contribution is -2.44. The molecule has 2 aromatic rings. The Balaban J connectivity index is 2.11. The van der Waals surface area contributed by atoms with Gasteiger partial charge < -0.3 is 10.6 Å². The Morgan fingerprint density at radius 1 is 1.43 bits per heavy atom. The molecule has 2 heterocycles. The van der Waals surface area contributed by atoms with Crippen LogP contribution in [0.4, 0.5) is 0 Å². The van der Waals surface area contributed by atoms with Crippen LogP contribution >= 0.6 is 22.7 Å². The molecule has 2 aromatic heterocycles. The average Bonchev–Trinajstić information content (AvgIpc) is 3.07. The highest BCUT2D eigenvalue weighted by atomic mass is 32.1. The predicted molar refractivity (Wildman–Crippen MR) is 85.8 cm³/mol. The number of likely N-dealkylation sites (N-methyl/N-ethyl adjacent to an activating group) is 1. The van der Waals surface area contributed by atoms with Crippen LogP contribution in [-0.4, -0.2) is 29.4 Å². The first-order valence-electron chi connectivity index (χ1n) is 6.61. The molecule has 5 nitrogen and oxygen atoms in total. The van der Waals surface area contributed by atoms with E-state index in [9.17, 15) is 9.59 Å². The molecule has 21 heavy (non-hydrogen) atoms. The van der Waals surface area contributed by atoms with Crippen molar-refractivity contribution in [3.05, 3.63) is 27.4 Å². The van der Waals surface area contributed by atoms with E-state index in [-0.39, 0.29) is 11.8 Å². The quantitative estimate of drug-likeness (QED) is 0.888. The van der Waals surface area contributed by atoms with Crippen molar-refractivity contribution in [3.63, 3.8) is 0 Å². The summed E-state index contributed by atoms with van der Waals surface area (Å²) in [4.78, 5) is 28.9. The standard InChI is InChI=1S/C14H17N3O2S2/c1-4-15-12(18)9(3)16-13(19)11-8(2)17-14(21-11)10-5-6-20-7-10/h5-7,9H,4H2,1-3H3,(H,15,18)(H,16,19)/t9-/m0/s1. The maximum atomic E-state index is 12.2. The molecule has 0 saturated carbocycles. The zero-order valence-corrected chi connectivity index (χ0v) is 13.7. The van der Waals surface area contributed by atoms with E-state index in [0.717, 1.165) is 10.6 Å². The van der Waals surface area contributed by atoms with Crippen LogP contribution in [0.5, 0.6) is 0 Å². The Labute approximate surface area is 131 Å². The van der Waals surface area contributed by atoms with Gasteiger partial charge in [0.2, 0.25) is 5.91 Å². The Bertz CT molecular complexity index is 635. The smallest absolute Gasteiger partial charge is 0.263 e. The molecule has 1 atom stereocenters. The van der Waals surface area contributed by atoms with Crippen LogP contribution in [0.2, 0.25) is 0 Å². The van der Waals surface area contributed by atoms with Gasteiger partial charge in [-0.3, -0.25) is 9.59 Å². The normalized spacial score (nSPS) is 12.0. The lowest BCUT2D eigenvalue weighted by molar-refractivity contribution is -0.122. The molecule has 0 aromatic carbocycles. The predicted octanol–water partition coefficient (Wildman–Crippen LogP) is 2.43. The second kappa shape index (κ2) is 6.82. The monoisotopic (exact) mass is 323 g/mol. The van der Waals surface area contributed by atoms with Gasteiger partial charge in [0, 0.05) is 17.5 Å². The van der Waals surface area contributed by atoms with Crippen molar-refractivity contribution in [2.24, 2.45) is 0 Å². The molecule has 0 aliphatic rings. The number of carbonyl (C=O) groups excluding carboxylic acids is 2. The van der Waals surface area contributed by atoms with Crippen molar-refractivity contribution in [1.29, 1.82) is 0 Å². The number of nitrogens with one attached hydrogen (secondary N) is 2. The minimum Gasteiger partial charge on any atom is -0.355 e. The van der Waals surface area contributed by atoms with Gasteiger partial charge in [-0.1, -0.05) is 0 Å². The lowest BCUT2D eigenvalue weighted by atomic mass is 10.3. The van der Waals surface area contributed by atoms with E-state index in [1.165, 1.54) is 11.3 Å². The molecule has 7 heteroatoms. The third-order valence-corrected chi connectivity index (χ3v) is 4.75. The molecule has 0 bridgehead atoms. The molecule has 0 unspecified atom stereocenters. The molecule has 112 valence electrons. The maximum absolute atomic E-state index is 12.2. The van der Waals surface area contributed by atoms with Crippen molar-refractivity contribution in [1.82, 2.24) is 15.6 Å². The van der Waals surface area contributed by atoms with E-state index >= 15 is 0 Å². The Hall–Kier alpha value is -1.73. The van der Waals surface area contributed by atoms with Gasteiger partial charge >= 0.3 is 0 Å². The minimum atomic E-state index is -0.566. The highest BCUT2D eigenvalue weighted by molar-refractivity contribution is 7.17. The first-order valence-corrected chi connectivity index (χ1v) is 8.37. The third-order valence-electron chi connectivity index (χ3n) is 2.86. The van der Waals surface area contributed by atoms with Crippen molar-refractivity contribution in [2.45, 2.75) is 26.8 Å². The van der Waals surface area contributed by atoms with Gasteiger partial charge in [0.25, 0.3) is 5.91 Å². The number of carbonyl (C=O) groups is 2. The SMILES string of the molecule is CCNC(=O)[C@H](C)NC(=O)c1sc(-c2ccsc2)nc1C. The summed E-state index contributed by atoms with van der Waals surface area (Å²) in [6, 6.07) is 1.41. The van der Waals surface area contributed by atoms with Crippen molar-refractivity contribution < 1.29 is 9.59 Å². The first kappa shape index (κ1) is 15.7. The van der Waals surface area contributed by atoms with Crippen molar-refractivity contribution in [3.8, 4) is 10.6 Å². The molecule has 0 saturated heterocycles. The zero-order valence-electron chi connectivity index (χ0n) is 12.1. The first-order chi connectivity index (χ1) is 10.0. The molecular weight excluding hydrogens is 306 g/mol. The zero-order chi connectivity index (χ0) is 15.4. The van der Waals surface area contributed by atoms with Crippen molar-refractivity contribution >= 4 is 34.5 Å². The summed E-state index contributed by atoms with van der Waals surface area (Å²) in [6.07, 6.45) is 0. The van der Waals surface area contributed by atoms with Crippen LogP contribution < -0.4 is 10.6 Å². The molecule has 2 rings (SSSR count). The van der Waals surface area contributed by atoms with Gasteiger partial charge in [0.05, 0.1) is 5.69 Å². The number of amides is 2. The van der Waals surface area contributed by atoms with E-state index in [0.29, 0.717) is 17.1 Å². The van der Waals surface area contributed by atoms with Gasteiger partial charge in [0.15, 0.2) is 0 Å². The van der Waals surface area contributed by atoms with Crippen LogP contribution in [0.25, 0.3) is 10.6 Å². The number of thiazole rings is 1. The highest BCUT2D eigenvalue weighted by Gasteiger charge is 2.20. The Kier molecular flexibility index (Phi) is 5.08. The van der Waals surface area contributed by atoms with Crippen LogP contribution in [0.3, 0.4) is 0 Å². The topological polar surface area (TPSA) is 71.1 Å². The van der Waals surface area contributed by atoms with Gasteiger partial charge in [-0.2, -0.15) is 11.3 Å². The number of hydrogen-bond donors (Lipinski definition) is 2. The fourth-order valence-corrected chi connectivity index (χ4v) is 3.45. The Morgan fingerprint density at radius 3 is 2.81 bits per heavy atom. The van der Waals surface area contributed by atoms with Crippen LogP contribution in [0.1, 0.15) is 29.2 Å². The molecule has 2 amide bonds. The van der Waals surface area contributed by atoms with Gasteiger partial charge in [-0.05, 0) is 32.2 Å². The second-order valence-electron chi connectivity index (χ2n) is 4.54. The highest BCUT2D eigenvalue weighted by Crippen LogP contribution is 2.29. The van der Waals surface area contributed by atoms with Gasteiger partial charge in [-0.25, -0.2) is 4.98 Å². The summed E-state index contributed by atoms with van der Waals surface area (Å²) in [7, 11) is 0. The summed E-state index contributed by atoms with van der Waals surface area (Å²) in [5, 5.41) is 10.2. The summed E-state index contributed by atoms with van der Waals surface area (Å²) >= 11 is 2.94. The number of aromatic nitrogens is 1. The summed E-state index contributed by atoms with van der Waals surface area (Å²) in [5.41, 5.74) is 1.70. The van der Waals surface area contributed by atoms with Crippen LogP contribution in [-0.2, 0) is 4.79 Å². The maximum Gasteiger partial charge on any atom is 0.263 e. The van der Waals surface area contributed by atoms with E-state index in [4.69, 9.17) is 0 Å². The molecule has 0 fully saturated rings. The minimum absolute atomic E-state index is 0.189. The molecule has 2 N–H and O–H groups in total. The number of thiophene rings is 1. The molecule has 0 aliphatic heterocycles. The van der Waals surface area contributed by atoms with Crippen LogP contribution in [0.15, 0.2) is 16.8 Å².